The highest BCUT2D eigenvalue weighted by atomic mass is 79.9. The summed E-state index contributed by atoms with van der Waals surface area (Å²) in [5.74, 6) is 0.0496. The highest BCUT2D eigenvalue weighted by Gasteiger charge is 2.18. The van der Waals surface area contributed by atoms with E-state index in [0.717, 1.165) is 5.56 Å². The first-order valence-corrected chi connectivity index (χ1v) is 5.84. The third kappa shape index (κ3) is 2.36. The number of benzene rings is 1. The van der Waals surface area contributed by atoms with Crippen LogP contribution in [0.25, 0.3) is 0 Å². The van der Waals surface area contributed by atoms with E-state index in [9.17, 15) is 4.79 Å². The maximum atomic E-state index is 12.1. The molecule has 0 fully saturated rings. The number of halogens is 1. The zero-order valence-corrected chi connectivity index (χ0v) is 10.1. The number of rotatable bonds is 3. The Bertz CT molecular complexity index is 470. The summed E-state index contributed by atoms with van der Waals surface area (Å²) >= 11 is 3.40. The van der Waals surface area contributed by atoms with Crippen LogP contribution in [-0.4, -0.2) is 10.8 Å². The van der Waals surface area contributed by atoms with Gasteiger partial charge in [-0.25, -0.2) is 0 Å². The van der Waals surface area contributed by atoms with Crippen molar-refractivity contribution in [3.8, 4) is 0 Å². The minimum absolute atomic E-state index is 0.0496. The summed E-state index contributed by atoms with van der Waals surface area (Å²) in [6.45, 7) is 0. The molecule has 1 aromatic carbocycles. The van der Waals surface area contributed by atoms with E-state index in [1.165, 1.54) is 0 Å². The van der Waals surface area contributed by atoms with Crippen LogP contribution < -0.4 is 0 Å². The first-order chi connectivity index (χ1) is 7.79. The van der Waals surface area contributed by atoms with Gasteiger partial charge in [0.1, 0.15) is 4.83 Å². The number of alkyl halides is 1. The molecule has 0 bridgehead atoms. The zero-order valence-electron chi connectivity index (χ0n) is 8.51. The minimum Gasteiger partial charge on any atom is -0.293 e. The van der Waals surface area contributed by atoms with E-state index in [-0.39, 0.29) is 10.6 Å². The van der Waals surface area contributed by atoms with E-state index >= 15 is 0 Å². The molecule has 0 N–H and O–H groups in total. The topological polar surface area (TPSA) is 30.0 Å². The average Bonchev–Trinajstić information content (AvgIpc) is 2.39. The van der Waals surface area contributed by atoms with Gasteiger partial charge >= 0.3 is 0 Å². The van der Waals surface area contributed by atoms with Crippen LogP contribution in [-0.2, 0) is 0 Å². The van der Waals surface area contributed by atoms with Gasteiger partial charge in [-0.1, -0.05) is 52.3 Å². The van der Waals surface area contributed by atoms with Gasteiger partial charge in [0, 0.05) is 18.0 Å². The van der Waals surface area contributed by atoms with E-state index in [0.29, 0.717) is 5.56 Å². The smallest absolute Gasteiger partial charge is 0.180 e. The molecule has 0 spiro atoms. The van der Waals surface area contributed by atoms with Crippen molar-refractivity contribution in [2.45, 2.75) is 4.83 Å². The molecule has 2 rings (SSSR count). The lowest BCUT2D eigenvalue weighted by Crippen LogP contribution is -2.06. The number of pyridine rings is 1. The molecule has 0 unspecified atom stereocenters. The fraction of sp³-hybridized carbons (Fsp3) is 0.0769. The van der Waals surface area contributed by atoms with Gasteiger partial charge in [0.15, 0.2) is 5.78 Å². The molecule has 2 aromatic rings. The first-order valence-electron chi connectivity index (χ1n) is 4.92. The first kappa shape index (κ1) is 11.0. The Kier molecular flexibility index (Phi) is 3.47. The Morgan fingerprint density at radius 2 is 1.88 bits per heavy atom. The molecule has 3 heteroatoms. The normalized spacial score (nSPS) is 12.1. The second-order valence-corrected chi connectivity index (χ2v) is 4.29. The quantitative estimate of drug-likeness (QED) is 0.635. The summed E-state index contributed by atoms with van der Waals surface area (Å²) in [5.41, 5.74) is 1.57. The fourth-order valence-corrected chi connectivity index (χ4v) is 1.96. The Balaban J connectivity index is 2.24. The molecular weight excluding hydrogens is 266 g/mol. The highest BCUT2D eigenvalue weighted by Crippen LogP contribution is 2.26. The monoisotopic (exact) mass is 275 g/mol. The van der Waals surface area contributed by atoms with Crippen molar-refractivity contribution in [1.29, 1.82) is 0 Å². The van der Waals surface area contributed by atoms with Crippen LogP contribution in [0.3, 0.4) is 0 Å². The molecule has 0 radical (unpaired) electrons. The molecule has 0 aliphatic carbocycles. The standard InChI is InChI=1S/C13H10BrNO/c14-12(11-7-4-8-15-9-11)13(16)10-5-2-1-3-6-10/h1-9,12H/t12-/m0/s1. The SMILES string of the molecule is O=C(c1ccccc1)[C@@H](Br)c1cccnc1. The Morgan fingerprint density at radius 1 is 1.12 bits per heavy atom. The van der Waals surface area contributed by atoms with Crippen molar-refractivity contribution in [3.63, 3.8) is 0 Å². The van der Waals surface area contributed by atoms with E-state index in [1.54, 1.807) is 12.4 Å². The van der Waals surface area contributed by atoms with Crippen molar-refractivity contribution >= 4 is 21.7 Å². The third-order valence-corrected chi connectivity index (χ3v) is 3.21. The van der Waals surface area contributed by atoms with Gasteiger partial charge in [0.2, 0.25) is 0 Å². The van der Waals surface area contributed by atoms with Gasteiger partial charge in [-0.2, -0.15) is 0 Å². The summed E-state index contributed by atoms with van der Waals surface area (Å²) in [6, 6.07) is 12.9. The number of carbonyl (C=O) groups is 1. The number of Topliss-reactive ketones (excluding diaryl/α,β-unsaturated/α-hetero) is 1. The van der Waals surface area contributed by atoms with Crippen LogP contribution in [0.4, 0.5) is 0 Å². The highest BCUT2D eigenvalue weighted by molar-refractivity contribution is 9.09. The molecule has 0 aliphatic heterocycles. The van der Waals surface area contributed by atoms with Crippen molar-refractivity contribution in [1.82, 2.24) is 4.98 Å². The summed E-state index contributed by atoms with van der Waals surface area (Å²) in [5, 5.41) is 0. The molecule has 16 heavy (non-hydrogen) atoms. The van der Waals surface area contributed by atoms with Crippen LogP contribution in [0.5, 0.6) is 0 Å². The second kappa shape index (κ2) is 5.03. The van der Waals surface area contributed by atoms with Gasteiger partial charge in [-0.05, 0) is 11.6 Å². The molecule has 1 aromatic heterocycles. The third-order valence-electron chi connectivity index (χ3n) is 2.27. The molecule has 1 heterocycles. The van der Waals surface area contributed by atoms with Gasteiger partial charge in [0.25, 0.3) is 0 Å². The predicted octanol–water partition coefficient (Wildman–Crippen LogP) is 3.40. The summed E-state index contributed by atoms with van der Waals surface area (Å²) < 4.78 is 0. The van der Waals surface area contributed by atoms with Crippen LogP contribution in [0.15, 0.2) is 54.9 Å². The lowest BCUT2D eigenvalue weighted by atomic mass is 10.0. The lowest BCUT2D eigenvalue weighted by molar-refractivity contribution is 0.0991. The van der Waals surface area contributed by atoms with E-state index in [4.69, 9.17) is 0 Å². The Morgan fingerprint density at radius 3 is 2.50 bits per heavy atom. The fourth-order valence-electron chi connectivity index (χ4n) is 1.43. The molecule has 1 atom stereocenters. The maximum absolute atomic E-state index is 12.1. The van der Waals surface area contributed by atoms with Crippen molar-refractivity contribution in [2.24, 2.45) is 0 Å². The number of hydrogen-bond donors (Lipinski definition) is 0. The second-order valence-electron chi connectivity index (χ2n) is 3.38. The van der Waals surface area contributed by atoms with Gasteiger partial charge in [-0.3, -0.25) is 9.78 Å². The molecule has 2 nitrogen and oxygen atoms in total. The van der Waals surface area contributed by atoms with Gasteiger partial charge in [-0.15, -0.1) is 0 Å². The van der Waals surface area contributed by atoms with Crippen LogP contribution in [0, 0.1) is 0 Å². The van der Waals surface area contributed by atoms with Gasteiger partial charge < -0.3 is 0 Å². The molecule has 0 aliphatic rings. The lowest BCUT2D eigenvalue weighted by Gasteiger charge is -2.08. The molecule has 0 saturated carbocycles. The number of carbonyl (C=O) groups excluding carboxylic acids is 1. The zero-order chi connectivity index (χ0) is 11.4. The number of ketones is 1. The van der Waals surface area contributed by atoms with Crippen molar-refractivity contribution in [3.05, 3.63) is 66.0 Å². The van der Waals surface area contributed by atoms with Crippen molar-refractivity contribution < 1.29 is 4.79 Å². The number of aromatic nitrogens is 1. The number of hydrogen-bond acceptors (Lipinski definition) is 2. The maximum Gasteiger partial charge on any atom is 0.180 e. The number of nitrogens with zero attached hydrogens (tertiary/aromatic N) is 1. The summed E-state index contributed by atoms with van der Waals surface area (Å²) in [7, 11) is 0. The Labute approximate surface area is 102 Å². The molecule has 0 saturated heterocycles. The minimum atomic E-state index is -0.330. The van der Waals surface area contributed by atoms with E-state index in [1.807, 2.05) is 42.5 Å². The Hall–Kier alpha value is -1.48. The summed E-state index contributed by atoms with van der Waals surface area (Å²) in [4.78, 5) is 15.7. The molecular formula is C13H10BrNO. The van der Waals surface area contributed by atoms with E-state index < -0.39 is 0 Å². The predicted molar refractivity (Wildman–Crippen MR) is 66.7 cm³/mol. The largest absolute Gasteiger partial charge is 0.293 e. The van der Waals surface area contributed by atoms with Gasteiger partial charge in [0.05, 0.1) is 0 Å². The molecule has 0 amide bonds. The molecule has 80 valence electrons. The average molecular weight is 276 g/mol. The van der Waals surface area contributed by atoms with Crippen LogP contribution >= 0.6 is 15.9 Å². The van der Waals surface area contributed by atoms with E-state index in [2.05, 4.69) is 20.9 Å². The van der Waals surface area contributed by atoms with Crippen molar-refractivity contribution in [2.75, 3.05) is 0 Å². The van der Waals surface area contributed by atoms with Crippen LogP contribution in [0.1, 0.15) is 20.7 Å². The summed E-state index contributed by atoms with van der Waals surface area (Å²) in [6.07, 6.45) is 3.39. The van der Waals surface area contributed by atoms with Crippen LogP contribution in [0.2, 0.25) is 0 Å².